The molecular weight excluding hydrogens is 148 g/mol. The summed E-state index contributed by atoms with van der Waals surface area (Å²) in [6.07, 6.45) is 4.29. The molecule has 1 aromatic rings. The molecule has 2 N–H and O–H groups in total. The molecule has 1 heterocycles. The van der Waals surface area contributed by atoms with Crippen molar-refractivity contribution in [2.75, 3.05) is 6.54 Å². The van der Waals surface area contributed by atoms with Gasteiger partial charge < -0.3 is 5.73 Å². The second-order valence-corrected chi connectivity index (χ2v) is 3.70. The minimum Gasteiger partial charge on any atom is -0.330 e. The standard InChI is InChI=1S/C10H14N2/c1-8-2-5-12-9(6-8)10(7-11)3-4-10/h2,5-6H,3-4,7,11H2,1H3. The van der Waals surface area contributed by atoms with Crippen molar-refractivity contribution in [2.24, 2.45) is 5.73 Å². The Hall–Kier alpha value is -0.890. The SMILES string of the molecule is Cc1ccnc(C2(CN)CC2)c1. The minimum absolute atomic E-state index is 0.242. The van der Waals surface area contributed by atoms with E-state index in [2.05, 4.69) is 18.0 Å². The fourth-order valence-electron chi connectivity index (χ4n) is 1.54. The van der Waals surface area contributed by atoms with Gasteiger partial charge in [-0.15, -0.1) is 0 Å². The lowest BCUT2D eigenvalue weighted by Crippen LogP contribution is -2.20. The highest BCUT2D eigenvalue weighted by molar-refractivity contribution is 5.28. The van der Waals surface area contributed by atoms with Crippen LogP contribution in [0.2, 0.25) is 0 Å². The molecule has 0 unspecified atom stereocenters. The maximum absolute atomic E-state index is 5.71. The summed E-state index contributed by atoms with van der Waals surface area (Å²) in [7, 11) is 0. The molecule has 64 valence electrons. The zero-order chi connectivity index (χ0) is 8.60. The van der Waals surface area contributed by atoms with E-state index < -0.39 is 0 Å². The number of nitrogens with zero attached hydrogens (tertiary/aromatic N) is 1. The van der Waals surface area contributed by atoms with Crippen LogP contribution in [-0.4, -0.2) is 11.5 Å². The van der Waals surface area contributed by atoms with Crippen molar-refractivity contribution in [3.63, 3.8) is 0 Å². The lowest BCUT2D eigenvalue weighted by molar-refractivity contribution is 0.677. The number of rotatable bonds is 2. The molecule has 0 bridgehead atoms. The Morgan fingerprint density at radius 2 is 2.33 bits per heavy atom. The van der Waals surface area contributed by atoms with E-state index >= 15 is 0 Å². The quantitative estimate of drug-likeness (QED) is 0.713. The molecule has 2 heteroatoms. The van der Waals surface area contributed by atoms with Gasteiger partial charge in [0.15, 0.2) is 0 Å². The molecule has 2 rings (SSSR count). The monoisotopic (exact) mass is 162 g/mol. The molecule has 0 saturated heterocycles. The van der Waals surface area contributed by atoms with E-state index in [1.807, 2.05) is 12.3 Å². The summed E-state index contributed by atoms with van der Waals surface area (Å²) in [5, 5.41) is 0. The zero-order valence-electron chi connectivity index (χ0n) is 7.38. The van der Waals surface area contributed by atoms with Gasteiger partial charge in [0, 0.05) is 23.9 Å². The van der Waals surface area contributed by atoms with E-state index in [0.717, 1.165) is 6.54 Å². The Morgan fingerprint density at radius 1 is 1.58 bits per heavy atom. The number of nitrogens with two attached hydrogens (primary N) is 1. The first-order valence-corrected chi connectivity index (χ1v) is 4.40. The van der Waals surface area contributed by atoms with E-state index in [1.165, 1.54) is 24.1 Å². The van der Waals surface area contributed by atoms with Crippen LogP contribution < -0.4 is 5.73 Å². The van der Waals surface area contributed by atoms with E-state index in [9.17, 15) is 0 Å². The molecule has 0 amide bonds. The van der Waals surface area contributed by atoms with Crippen molar-refractivity contribution in [1.29, 1.82) is 0 Å². The second-order valence-electron chi connectivity index (χ2n) is 3.70. The van der Waals surface area contributed by atoms with Gasteiger partial charge in [0.1, 0.15) is 0 Å². The van der Waals surface area contributed by atoms with Crippen LogP contribution in [0.3, 0.4) is 0 Å². The Balaban J connectivity index is 2.34. The molecular formula is C10H14N2. The summed E-state index contributed by atoms with van der Waals surface area (Å²) in [6, 6.07) is 4.18. The average Bonchev–Trinajstić information content (AvgIpc) is 2.84. The Bertz CT molecular complexity index is 290. The average molecular weight is 162 g/mol. The normalized spacial score (nSPS) is 19.2. The van der Waals surface area contributed by atoms with Crippen LogP contribution >= 0.6 is 0 Å². The van der Waals surface area contributed by atoms with Gasteiger partial charge in [0.05, 0.1) is 0 Å². The molecule has 1 saturated carbocycles. The predicted octanol–water partition coefficient (Wildman–Crippen LogP) is 1.38. The number of aryl methyl sites for hydroxylation is 1. The smallest absolute Gasteiger partial charge is 0.0480 e. The number of aromatic nitrogens is 1. The molecule has 12 heavy (non-hydrogen) atoms. The lowest BCUT2D eigenvalue weighted by atomic mass is 10.0. The predicted molar refractivity (Wildman–Crippen MR) is 48.9 cm³/mol. The molecule has 0 radical (unpaired) electrons. The summed E-state index contributed by atoms with van der Waals surface area (Å²) in [5.74, 6) is 0. The third-order valence-electron chi connectivity index (χ3n) is 2.70. The second kappa shape index (κ2) is 2.56. The van der Waals surface area contributed by atoms with E-state index in [4.69, 9.17) is 5.73 Å². The van der Waals surface area contributed by atoms with Crippen LogP contribution in [-0.2, 0) is 5.41 Å². The highest BCUT2D eigenvalue weighted by Gasteiger charge is 2.44. The van der Waals surface area contributed by atoms with E-state index in [0.29, 0.717) is 0 Å². The van der Waals surface area contributed by atoms with Gasteiger partial charge >= 0.3 is 0 Å². The summed E-state index contributed by atoms with van der Waals surface area (Å²) < 4.78 is 0. The molecule has 1 aromatic heterocycles. The highest BCUT2D eigenvalue weighted by atomic mass is 14.8. The van der Waals surface area contributed by atoms with Gasteiger partial charge in [-0.05, 0) is 37.5 Å². The van der Waals surface area contributed by atoms with Gasteiger partial charge in [-0.3, -0.25) is 4.98 Å². The topological polar surface area (TPSA) is 38.9 Å². The number of pyridine rings is 1. The number of hydrogen-bond acceptors (Lipinski definition) is 2. The highest BCUT2D eigenvalue weighted by Crippen LogP contribution is 2.46. The molecule has 1 fully saturated rings. The van der Waals surface area contributed by atoms with Crippen molar-refractivity contribution in [1.82, 2.24) is 4.98 Å². The molecule has 0 aromatic carbocycles. The summed E-state index contributed by atoms with van der Waals surface area (Å²) >= 11 is 0. The van der Waals surface area contributed by atoms with Gasteiger partial charge in [-0.1, -0.05) is 0 Å². The van der Waals surface area contributed by atoms with Crippen LogP contribution in [0, 0.1) is 6.92 Å². The van der Waals surface area contributed by atoms with Crippen molar-refractivity contribution in [3.05, 3.63) is 29.6 Å². The van der Waals surface area contributed by atoms with Gasteiger partial charge in [0.25, 0.3) is 0 Å². The molecule has 0 atom stereocenters. The third kappa shape index (κ3) is 1.12. The Morgan fingerprint density at radius 3 is 2.83 bits per heavy atom. The fraction of sp³-hybridized carbons (Fsp3) is 0.500. The van der Waals surface area contributed by atoms with Gasteiger partial charge in [-0.2, -0.15) is 0 Å². The minimum atomic E-state index is 0.242. The van der Waals surface area contributed by atoms with Crippen LogP contribution in [0.4, 0.5) is 0 Å². The van der Waals surface area contributed by atoms with Crippen molar-refractivity contribution in [2.45, 2.75) is 25.2 Å². The molecule has 0 aliphatic heterocycles. The molecule has 1 aliphatic rings. The Labute approximate surface area is 72.8 Å². The Kier molecular flexibility index (Phi) is 1.65. The van der Waals surface area contributed by atoms with Crippen molar-refractivity contribution < 1.29 is 0 Å². The summed E-state index contributed by atoms with van der Waals surface area (Å²) in [4.78, 5) is 4.36. The van der Waals surface area contributed by atoms with Crippen LogP contribution in [0.15, 0.2) is 18.3 Å². The fourth-order valence-corrected chi connectivity index (χ4v) is 1.54. The molecule has 0 spiro atoms. The maximum atomic E-state index is 5.71. The first-order valence-electron chi connectivity index (χ1n) is 4.40. The van der Waals surface area contributed by atoms with Crippen molar-refractivity contribution in [3.8, 4) is 0 Å². The maximum Gasteiger partial charge on any atom is 0.0480 e. The van der Waals surface area contributed by atoms with Crippen LogP contribution in [0.1, 0.15) is 24.1 Å². The van der Waals surface area contributed by atoms with Gasteiger partial charge in [-0.25, -0.2) is 0 Å². The first-order chi connectivity index (χ1) is 5.77. The van der Waals surface area contributed by atoms with Gasteiger partial charge in [0.2, 0.25) is 0 Å². The van der Waals surface area contributed by atoms with E-state index in [1.54, 1.807) is 0 Å². The largest absolute Gasteiger partial charge is 0.330 e. The van der Waals surface area contributed by atoms with Crippen LogP contribution in [0.25, 0.3) is 0 Å². The van der Waals surface area contributed by atoms with Crippen molar-refractivity contribution >= 4 is 0 Å². The third-order valence-corrected chi connectivity index (χ3v) is 2.70. The number of hydrogen-bond donors (Lipinski definition) is 1. The zero-order valence-corrected chi connectivity index (χ0v) is 7.38. The molecule has 2 nitrogen and oxygen atoms in total. The molecule has 1 aliphatic carbocycles. The van der Waals surface area contributed by atoms with E-state index in [-0.39, 0.29) is 5.41 Å². The first kappa shape index (κ1) is 7.74. The summed E-state index contributed by atoms with van der Waals surface area (Å²) in [6.45, 7) is 2.83. The summed E-state index contributed by atoms with van der Waals surface area (Å²) in [5.41, 5.74) is 8.42. The van der Waals surface area contributed by atoms with Crippen LogP contribution in [0.5, 0.6) is 0 Å². The lowest BCUT2D eigenvalue weighted by Gasteiger charge is -2.11.